The monoisotopic (exact) mass is 442 g/mol. The summed E-state index contributed by atoms with van der Waals surface area (Å²) in [6.45, 7) is 1.98. The predicted octanol–water partition coefficient (Wildman–Crippen LogP) is 4.10. The highest BCUT2D eigenvalue weighted by atomic mass is 35.5. The zero-order chi connectivity index (χ0) is 20.5. The van der Waals surface area contributed by atoms with Gasteiger partial charge in [0.15, 0.2) is 0 Å². The Kier molecular flexibility index (Phi) is 6.19. The number of aryl methyl sites for hydroxylation is 1. The first-order valence-electron chi connectivity index (χ1n) is 8.66. The minimum absolute atomic E-state index is 0.132. The molecule has 1 amide bonds. The summed E-state index contributed by atoms with van der Waals surface area (Å²) in [5.41, 5.74) is 0.936. The van der Waals surface area contributed by atoms with Gasteiger partial charge in [0.1, 0.15) is 11.8 Å². The van der Waals surface area contributed by atoms with Crippen LogP contribution in [0.15, 0.2) is 41.3 Å². The van der Waals surface area contributed by atoms with Crippen LogP contribution in [0.3, 0.4) is 0 Å². The average Bonchev–Trinajstić information content (AvgIpc) is 3.16. The highest BCUT2D eigenvalue weighted by molar-refractivity contribution is 7.89. The minimum Gasteiger partial charge on any atom is -0.497 e. The number of hydrogen-bond donors (Lipinski definition) is 1. The maximum atomic E-state index is 13.3. The highest BCUT2D eigenvalue weighted by Gasteiger charge is 2.40. The molecule has 1 saturated heterocycles. The third-order valence-electron chi connectivity index (χ3n) is 4.67. The number of carbonyl (C=O) groups excluding carboxylic acids is 1. The van der Waals surface area contributed by atoms with Crippen LogP contribution in [-0.4, -0.2) is 38.3 Å². The zero-order valence-corrected chi connectivity index (χ0v) is 17.7. The summed E-state index contributed by atoms with van der Waals surface area (Å²) in [6.07, 6.45) is 1.01. The van der Waals surface area contributed by atoms with Crippen molar-refractivity contribution in [2.24, 2.45) is 0 Å². The molecular weight excluding hydrogens is 423 g/mol. The molecule has 1 aliphatic rings. The van der Waals surface area contributed by atoms with E-state index in [2.05, 4.69) is 5.32 Å². The minimum atomic E-state index is -3.87. The van der Waals surface area contributed by atoms with Crippen molar-refractivity contribution in [3.05, 3.63) is 52.0 Å². The number of rotatable bonds is 5. The molecule has 0 bridgehead atoms. The SMILES string of the molecule is COc1ccc(C)c(S(=O)(=O)N2CCC[C@H]2C(=O)Nc2cc(Cl)ccc2Cl)c1. The Morgan fingerprint density at radius 1 is 1.21 bits per heavy atom. The van der Waals surface area contributed by atoms with Crippen molar-refractivity contribution < 1.29 is 17.9 Å². The van der Waals surface area contributed by atoms with Gasteiger partial charge in [0.2, 0.25) is 15.9 Å². The van der Waals surface area contributed by atoms with Crippen LogP contribution in [0.2, 0.25) is 10.0 Å². The van der Waals surface area contributed by atoms with Crippen molar-refractivity contribution in [2.45, 2.75) is 30.7 Å². The van der Waals surface area contributed by atoms with Crippen molar-refractivity contribution in [1.29, 1.82) is 0 Å². The normalized spacial score (nSPS) is 17.5. The molecule has 0 aromatic heterocycles. The predicted molar refractivity (Wildman–Crippen MR) is 110 cm³/mol. The fourth-order valence-corrected chi connectivity index (χ4v) is 5.45. The first-order valence-corrected chi connectivity index (χ1v) is 10.9. The molecule has 1 fully saturated rings. The van der Waals surface area contributed by atoms with E-state index in [1.807, 2.05) is 0 Å². The highest BCUT2D eigenvalue weighted by Crippen LogP contribution is 2.32. The van der Waals surface area contributed by atoms with Gasteiger partial charge in [-0.25, -0.2) is 8.42 Å². The van der Waals surface area contributed by atoms with E-state index in [1.54, 1.807) is 31.2 Å². The molecule has 2 aromatic carbocycles. The van der Waals surface area contributed by atoms with Crippen molar-refractivity contribution in [3.8, 4) is 5.75 Å². The number of nitrogens with zero attached hydrogens (tertiary/aromatic N) is 1. The van der Waals surface area contributed by atoms with Gasteiger partial charge in [0.05, 0.1) is 22.7 Å². The van der Waals surface area contributed by atoms with Crippen LogP contribution in [0.4, 0.5) is 5.69 Å². The molecule has 1 aliphatic heterocycles. The van der Waals surface area contributed by atoms with E-state index >= 15 is 0 Å². The Labute approximate surface area is 174 Å². The van der Waals surface area contributed by atoms with Crippen LogP contribution in [0.25, 0.3) is 0 Å². The van der Waals surface area contributed by atoms with E-state index in [0.29, 0.717) is 39.9 Å². The summed E-state index contributed by atoms with van der Waals surface area (Å²) in [5.74, 6) is 0.000809. The molecular formula is C19H20Cl2N2O4S. The summed E-state index contributed by atoms with van der Waals surface area (Å²) in [4.78, 5) is 13.0. The summed E-state index contributed by atoms with van der Waals surface area (Å²) in [7, 11) is -2.40. The molecule has 2 aromatic rings. The number of benzene rings is 2. The van der Waals surface area contributed by atoms with Crippen LogP contribution in [0, 0.1) is 6.92 Å². The van der Waals surface area contributed by atoms with Gasteiger partial charge >= 0.3 is 0 Å². The molecule has 150 valence electrons. The summed E-state index contributed by atoms with van der Waals surface area (Å²) < 4.78 is 32.9. The Bertz CT molecular complexity index is 1010. The standard InChI is InChI=1S/C19H20Cl2N2O4S/c1-12-5-7-14(27-2)11-18(12)28(25,26)23-9-3-4-17(23)19(24)22-16-10-13(20)6-8-15(16)21/h5-8,10-11,17H,3-4,9H2,1-2H3,(H,22,24)/t17-/m0/s1. The Balaban J connectivity index is 1.89. The number of sulfonamides is 1. The van der Waals surface area contributed by atoms with Gasteiger partial charge in [0.25, 0.3) is 0 Å². The van der Waals surface area contributed by atoms with Crippen LogP contribution < -0.4 is 10.1 Å². The lowest BCUT2D eigenvalue weighted by molar-refractivity contribution is -0.119. The first-order chi connectivity index (χ1) is 13.2. The first kappa shape index (κ1) is 20.9. The van der Waals surface area contributed by atoms with E-state index in [1.165, 1.54) is 23.5 Å². The van der Waals surface area contributed by atoms with Crippen LogP contribution in [0.5, 0.6) is 5.75 Å². The van der Waals surface area contributed by atoms with Gasteiger partial charge in [-0.2, -0.15) is 4.31 Å². The number of anilines is 1. The number of methoxy groups -OCH3 is 1. The molecule has 1 heterocycles. The van der Waals surface area contributed by atoms with Crippen LogP contribution in [0.1, 0.15) is 18.4 Å². The molecule has 0 spiro atoms. The molecule has 3 rings (SSSR count). The van der Waals surface area contributed by atoms with Gasteiger partial charge in [-0.15, -0.1) is 0 Å². The molecule has 28 heavy (non-hydrogen) atoms. The summed E-state index contributed by atoms with van der Waals surface area (Å²) >= 11 is 12.1. The number of ether oxygens (including phenoxy) is 1. The molecule has 0 radical (unpaired) electrons. The summed E-state index contributed by atoms with van der Waals surface area (Å²) in [6, 6.07) is 8.74. The van der Waals surface area contributed by atoms with E-state index < -0.39 is 22.0 Å². The van der Waals surface area contributed by atoms with E-state index in [0.717, 1.165) is 0 Å². The molecule has 1 N–H and O–H groups in total. The molecule has 1 atom stereocenters. The number of hydrogen-bond acceptors (Lipinski definition) is 4. The second-order valence-corrected chi connectivity index (χ2v) is 9.22. The van der Waals surface area contributed by atoms with E-state index in [-0.39, 0.29) is 11.4 Å². The van der Waals surface area contributed by atoms with E-state index in [9.17, 15) is 13.2 Å². The fourth-order valence-electron chi connectivity index (χ4n) is 3.21. The number of nitrogens with one attached hydrogen (secondary N) is 1. The average molecular weight is 443 g/mol. The molecule has 0 saturated carbocycles. The second-order valence-electron chi connectivity index (χ2n) is 6.52. The number of carbonyl (C=O) groups is 1. The number of amides is 1. The lowest BCUT2D eigenvalue weighted by Crippen LogP contribution is -2.43. The molecule has 9 heteroatoms. The molecule has 6 nitrogen and oxygen atoms in total. The maximum absolute atomic E-state index is 13.3. The number of halogens is 2. The van der Waals surface area contributed by atoms with Crippen molar-refractivity contribution in [2.75, 3.05) is 19.0 Å². The Morgan fingerprint density at radius 2 is 1.96 bits per heavy atom. The van der Waals surface area contributed by atoms with Gasteiger partial charge in [-0.1, -0.05) is 29.3 Å². The Morgan fingerprint density at radius 3 is 2.68 bits per heavy atom. The van der Waals surface area contributed by atoms with E-state index in [4.69, 9.17) is 27.9 Å². The topological polar surface area (TPSA) is 75.7 Å². The lowest BCUT2D eigenvalue weighted by Gasteiger charge is -2.24. The van der Waals surface area contributed by atoms with Crippen molar-refractivity contribution in [3.63, 3.8) is 0 Å². The van der Waals surface area contributed by atoms with Crippen molar-refractivity contribution >= 4 is 44.8 Å². The van der Waals surface area contributed by atoms with Crippen molar-refractivity contribution in [1.82, 2.24) is 4.31 Å². The maximum Gasteiger partial charge on any atom is 0.244 e. The lowest BCUT2D eigenvalue weighted by atomic mass is 10.2. The third-order valence-corrected chi connectivity index (χ3v) is 7.29. The van der Waals surface area contributed by atoms with Gasteiger partial charge in [-0.05, 0) is 49.6 Å². The van der Waals surface area contributed by atoms with Gasteiger partial charge in [-0.3, -0.25) is 4.79 Å². The zero-order valence-electron chi connectivity index (χ0n) is 15.4. The van der Waals surface area contributed by atoms with Gasteiger partial charge in [0, 0.05) is 17.6 Å². The molecule has 0 unspecified atom stereocenters. The summed E-state index contributed by atoms with van der Waals surface area (Å²) in [5, 5.41) is 3.44. The smallest absolute Gasteiger partial charge is 0.244 e. The third kappa shape index (κ3) is 4.12. The van der Waals surface area contributed by atoms with Crippen LogP contribution >= 0.6 is 23.2 Å². The molecule has 0 aliphatic carbocycles. The Hall–Kier alpha value is -1.80. The fraction of sp³-hybridized carbons (Fsp3) is 0.316. The van der Waals surface area contributed by atoms with Gasteiger partial charge < -0.3 is 10.1 Å². The largest absolute Gasteiger partial charge is 0.497 e. The van der Waals surface area contributed by atoms with Crippen LogP contribution in [-0.2, 0) is 14.8 Å². The quantitative estimate of drug-likeness (QED) is 0.755. The second kappa shape index (κ2) is 8.29.